The molecule has 3 aromatic rings. The molecule has 0 spiro atoms. The van der Waals surface area contributed by atoms with Gasteiger partial charge < -0.3 is 5.11 Å². The summed E-state index contributed by atoms with van der Waals surface area (Å²) in [5.41, 5.74) is -1.56. The highest BCUT2D eigenvalue weighted by Crippen LogP contribution is 2.39. The summed E-state index contributed by atoms with van der Waals surface area (Å²) < 4.78 is 0.820. The summed E-state index contributed by atoms with van der Waals surface area (Å²) in [6, 6.07) is 4.42. The lowest BCUT2D eigenvalue weighted by Crippen LogP contribution is -2.33. The fourth-order valence-electron chi connectivity index (χ4n) is 2.35. The quantitative estimate of drug-likeness (QED) is 0.578. The Bertz CT molecular complexity index is 1240. The van der Waals surface area contributed by atoms with E-state index in [1.54, 1.807) is 6.07 Å². The third-order valence-corrected chi connectivity index (χ3v) is 5.52. The van der Waals surface area contributed by atoms with Crippen LogP contribution in [0.25, 0.3) is 5.69 Å². The van der Waals surface area contributed by atoms with Crippen LogP contribution in [0, 0.1) is 11.3 Å². The van der Waals surface area contributed by atoms with Crippen LogP contribution >= 0.6 is 35.0 Å². The van der Waals surface area contributed by atoms with Crippen LogP contribution in [0.1, 0.15) is 31.2 Å². The molecule has 0 aliphatic heterocycles. The Morgan fingerprint density at radius 3 is 2.52 bits per heavy atom. The van der Waals surface area contributed by atoms with Gasteiger partial charge in [-0.05, 0) is 29.8 Å². The van der Waals surface area contributed by atoms with Gasteiger partial charge in [0, 0.05) is 0 Å². The van der Waals surface area contributed by atoms with Gasteiger partial charge in [0.2, 0.25) is 5.69 Å². The molecule has 0 amide bonds. The van der Waals surface area contributed by atoms with Crippen molar-refractivity contribution in [1.29, 1.82) is 5.26 Å². The van der Waals surface area contributed by atoms with Gasteiger partial charge in [-0.15, -0.1) is 5.10 Å². The fourth-order valence-corrected chi connectivity index (χ4v) is 3.80. The molecule has 1 aromatic carbocycles. The van der Waals surface area contributed by atoms with Gasteiger partial charge in [-0.1, -0.05) is 37.0 Å². The summed E-state index contributed by atoms with van der Waals surface area (Å²) in [5, 5.41) is 23.2. The third-order valence-electron chi connectivity index (χ3n) is 3.68. The highest BCUT2D eigenvalue weighted by atomic mass is 35.5. The van der Waals surface area contributed by atoms with Crippen molar-refractivity contribution in [2.24, 2.45) is 0 Å². The van der Waals surface area contributed by atoms with Crippen molar-refractivity contribution in [3.05, 3.63) is 60.6 Å². The summed E-state index contributed by atoms with van der Waals surface area (Å²) in [6.45, 7) is 3.77. The van der Waals surface area contributed by atoms with Crippen molar-refractivity contribution >= 4 is 35.0 Å². The molecule has 2 N–H and O–H groups in total. The molecule has 0 atom stereocenters. The van der Waals surface area contributed by atoms with Crippen LogP contribution in [-0.2, 0) is 0 Å². The van der Waals surface area contributed by atoms with E-state index in [1.807, 2.05) is 18.8 Å². The molecular formula is C17H12Cl2N6O3S. The number of hydrogen-bond donors (Lipinski definition) is 2. The molecule has 0 aliphatic carbocycles. The number of rotatable bonds is 4. The van der Waals surface area contributed by atoms with Crippen molar-refractivity contribution in [1.82, 2.24) is 24.7 Å². The Labute approximate surface area is 178 Å². The Morgan fingerprint density at radius 1 is 1.28 bits per heavy atom. The van der Waals surface area contributed by atoms with Gasteiger partial charge in [-0.3, -0.25) is 9.78 Å². The van der Waals surface area contributed by atoms with Gasteiger partial charge in [0.15, 0.2) is 10.9 Å². The largest absolute Gasteiger partial charge is 0.504 e. The zero-order chi connectivity index (χ0) is 21.3. The van der Waals surface area contributed by atoms with E-state index in [1.165, 1.54) is 18.3 Å². The maximum absolute atomic E-state index is 12.0. The molecule has 0 unspecified atom stereocenters. The normalized spacial score (nSPS) is 10.9. The molecule has 2 heterocycles. The summed E-state index contributed by atoms with van der Waals surface area (Å²) in [4.78, 5) is 34.4. The molecule has 12 heteroatoms. The first-order chi connectivity index (χ1) is 13.7. The molecule has 0 radical (unpaired) electrons. The maximum atomic E-state index is 12.0. The molecule has 148 valence electrons. The third kappa shape index (κ3) is 4.27. The van der Waals surface area contributed by atoms with Gasteiger partial charge in [0.05, 0.1) is 32.5 Å². The number of halogens is 2. The van der Waals surface area contributed by atoms with E-state index >= 15 is 0 Å². The van der Waals surface area contributed by atoms with Gasteiger partial charge in [-0.2, -0.15) is 9.94 Å². The lowest BCUT2D eigenvalue weighted by atomic mass is 10.1. The smallest absolute Gasteiger partial charge is 0.349 e. The molecule has 9 nitrogen and oxygen atoms in total. The number of benzene rings is 1. The summed E-state index contributed by atoms with van der Waals surface area (Å²) in [5.74, 6) is -0.0214. The molecule has 29 heavy (non-hydrogen) atoms. The Balaban J connectivity index is 2.04. The monoisotopic (exact) mass is 450 g/mol. The number of nitrogens with zero attached hydrogens (tertiary/aromatic N) is 5. The zero-order valence-electron chi connectivity index (χ0n) is 15.0. The molecule has 0 saturated carbocycles. The van der Waals surface area contributed by atoms with E-state index < -0.39 is 16.9 Å². The average molecular weight is 451 g/mol. The van der Waals surface area contributed by atoms with E-state index in [-0.39, 0.29) is 27.4 Å². The molecule has 3 rings (SSSR count). The highest BCUT2D eigenvalue weighted by molar-refractivity contribution is 7.99. The Hall–Kier alpha value is -2.87. The van der Waals surface area contributed by atoms with Crippen LogP contribution in [0.3, 0.4) is 0 Å². The van der Waals surface area contributed by atoms with Gasteiger partial charge in [0.1, 0.15) is 6.07 Å². The minimum absolute atomic E-state index is 0.00583. The lowest BCUT2D eigenvalue weighted by molar-refractivity contribution is 0.453. The molecule has 0 saturated heterocycles. The number of aromatic amines is 1. The van der Waals surface area contributed by atoms with E-state index in [0.29, 0.717) is 15.7 Å². The number of nitriles is 1. The van der Waals surface area contributed by atoms with Crippen molar-refractivity contribution in [2.75, 3.05) is 0 Å². The van der Waals surface area contributed by atoms with E-state index in [0.717, 1.165) is 16.4 Å². The van der Waals surface area contributed by atoms with Crippen LogP contribution in [0.2, 0.25) is 10.0 Å². The molecular weight excluding hydrogens is 439 g/mol. The average Bonchev–Trinajstić information content (AvgIpc) is 2.65. The molecule has 0 aliphatic rings. The van der Waals surface area contributed by atoms with Crippen molar-refractivity contribution in [3.63, 3.8) is 0 Å². The van der Waals surface area contributed by atoms with E-state index in [2.05, 4.69) is 15.1 Å². The molecule has 0 bridgehead atoms. The summed E-state index contributed by atoms with van der Waals surface area (Å²) >= 11 is 13.8. The van der Waals surface area contributed by atoms with Crippen LogP contribution in [0.5, 0.6) is 5.75 Å². The second kappa shape index (κ2) is 8.24. The molecule has 2 aromatic heterocycles. The number of hydrogen-bond acceptors (Lipinski definition) is 8. The summed E-state index contributed by atoms with van der Waals surface area (Å²) in [7, 11) is 0. The lowest BCUT2D eigenvalue weighted by Gasteiger charge is -2.11. The van der Waals surface area contributed by atoms with Crippen molar-refractivity contribution < 1.29 is 5.11 Å². The number of H-pyrrole nitrogens is 1. The first kappa shape index (κ1) is 20.9. The minimum atomic E-state index is -0.886. The highest BCUT2D eigenvalue weighted by Gasteiger charge is 2.17. The van der Waals surface area contributed by atoms with Gasteiger partial charge in [0.25, 0.3) is 5.56 Å². The first-order valence-electron chi connectivity index (χ1n) is 8.08. The minimum Gasteiger partial charge on any atom is -0.504 e. The maximum Gasteiger partial charge on any atom is 0.349 e. The fraction of sp³-hybridized carbons (Fsp3) is 0.176. The van der Waals surface area contributed by atoms with Crippen LogP contribution in [0.4, 0.5) is 0 Å². The Kier molecular flexibility index (Phi) is 5.93. The van der Waals surface area contributed by atoms with Crippen molar-refractivity contribution in [2.45, 2.75) is 29.8 Å². The van der Waals surface area contributed by atoms with Crippen molar-refractivity contribution in [3.8, 4) is 17.5 Å². The number of aromatic nitrogens is 5. The number of nitrogens with one attached hydrogen (secondary N) is 1. The van der Waals surface area contributed by atoms with E-state index in [9.17, 15) is 14.7 Å². The SMILES string of the molecule is CC(C)c1nc(Sc2c(Cl)cc(-n3nc(C#N)c(=O)[nH]c3=O)cc2Cl)ncc1O. The van der Waals surface area contributed by atoms with Crippen LogP contribution in [-0.4, -0.2) is 29.8 Å². The topological polar surface area (TPSA) is 138 Å². The molecule has 0 fully saturated rings. The first-order valence-corrected chi connectivity index (χ1v) is 9.65. The predicted molar refractivity (Wildman–Crippen MR) is 107 cm³/mol. The second-order valence-corrected chi connectivity index (χ2v) is 7.84. The zero-order valence-corrected chi connectivity index (χ0v) is 17.3. The van der Waals surface area contributed by atoms with Gasteiger partial charge in [-0.25, -0.2) is 14.8 Å². The summed E-state index contributed by atoms with van der Waals surface area (Å²) in [6.07, 6.45) is 1.30. The van der Waals surface area contributed by atoms with E-state index in [4.69, 9.17) is 28.5 Å². The standard InChI is InChI=1S/C17H12Cl2N6O3S/c1-7(2)13-12(26)6-21-16(22-13)29-14-9(18)3-8(4-10(14)19)25-17(28)23-15(27)11(5-20)24-25/h3-4,6-7,26H,1-2H3,(H,23,27,28). The predicted octanol–water partition coefficient (Wildman–Crippen LogP) is 2.87. The van der Waals surface area contributed by atoms with Gasteiger partial charge >= 0.3 is 5.69 Å². The van der Waals surface area contributed by atoms with Crippen LogP contribution < -0.4 is 11.2 Å². The van der Waals surface area contributed by atoms with Crippen LogP contribution in [0.15, 0.2) is 38.0 Å². The number of aromatic hydroxyl groups is 1. The Morgan fingerprint density at radius 2 is 1.93 bits per heavy atom. The second-order valence-electron chi connectivity index (χ2n) is 6.05.